The molecule has 0 radical (unpaired) electrons. The zero-order valence-electron chi connectivity index (χ0n) is 15.7. The molecule has 9 heteroatoms. The maximum atomic E-state index is 12.3. The summed E-state index contributed by atoms with van der Waals surface area (Å²) in [5.41, 5.74) is 5.01. The molecule has 0 aliphatic carbocycles. The molecule has 0 aromatic carbocycles. The molecule has 148 valence electrons. The molecule has 1 heterocycles. The van der Waals surface area contributed by atoms with Crippen molar-refractivity contribution in [1.29, 1.82) is 0 Å². The quantitative estimate of drug-likeness (QED) is 0.421. The van der Waals surface area contributed by atoms with Gasteiger partial charge in [-0.3, -0.25) is 19.2 Å². The number of amides is 4. The summed E-state index contributed by atoms with van der Waals surface area (Å²) in [6.07, 6.45) is 4.56. The molecule has 9 nitrogen and oxygen atoms in total. The summed E-state index contributed by atoms with van der Waals surface area (Å²) in [6.45, 7) is 4.98. The van der Waals surface area contributed by atoms with E-state index in [0.29, 0.717) is 12.2 Å². The van der Waals surface area contributed by atoms with E-state index >= 15 is 0 Å². The molecule has 1 rings (SSSR count). The van der Waals surface area contributed by atoms with Crippen LogP contribution in [0.1, 0.15) is 33.0 Å². The van der Waals surface area contributed by atoms with E-state index in [1.54, 1.807) is 12.1 Å². The third-order valence-electron chi connectivity index (χ3n) is 3.47. The molecule has 0 fully saturated rings. The molecule has 0 saturated carbocycles. The lowest BCUT2D eigenvalue weighted by atomic mass is 10.0. The van der Waals surface area contributed by atoms with E-state index in [9.17, 15) is 19.2 Å². The number of carbonyl (C=O) groups is 4. The fraction of sp³-hybridized carbons (Fsp3) is 0.444. The highest BCUT2D eigenvalue weighted by atomic mass is 16.3. The Morgan fingerprint density at radius 1 is 1.15 bits per heavy atom. The van der Waals surface area contributed by atoms with Crippen molar-refractivity contribution in [3.8, 4) is 0 Å². The van der Waals surface area contributed by atoms with Gasteiger partial charge in [-0.1, -0.05) is 13.8 Å². The Hall–Kier alpha value is -3.10. The first-order chi connectivity index (χ1) is 12.7. The smallest absolute Gasteiger partial charge is 0.244 e. The Bertz CT molecular complexity index is 682. The van der Waals surface area contributed by atoms with Crippen molar-refractivity contribution in [3.05, 3.63) is 30.2 Å². The molecule has 1 aromatic rings. The van der Waals surface area contributed by atoms with Gasteiger partial charge in [0.25, 0.3) is 0 Å². The van der Waals surface area contributed by atoms with Gasteiger partial charge in [-0.05, 0) is 37.5 Å². The number of rotatable bonds is 10. The van der Waals surface area contributed by atoms with Crippen molar-refractivity contribution in [2.45, 2.75) is 39.3 Å². The minimum absolute atomic E-state index is 0.121. The summed E-state index contributed by atoms with van der Waals surface area (Å²) < 4.78 is 5.07. The number of nitrogens with one attached hydrogen (secondary N) is 3. The van der Waals surface area contributed by atoms with Crippen LogP contribution in [0.5, 0.6) is 0 Å². The highest BCUT2D eigenvalue weighted by Crippen LogP contribution is 2.06. The van der Waals surface area contributed by atoms with Gasteiger partial charge in [0.1, 0.15) is 17.8 Å². The Kier molecular flexibility index (Phi) is 8.77. The molecule has 0 aliphatic heterocycles. The van der Waals surface area contributed by atoms with E-state index in [-0.39, 0.29) is 12.5 Å². The molecule has 0 spiro atoms. The van der Waals surface area contributed by atoms with E-state index < -0.39 is 35.7 Å². The Morgan fingerprint density at radius 2 is 1.85 bits per heavy atom. The second-order valence-electron chi connectivity index (χ2n) is 6.45. The van der Waals surface area contributed by atoms with Gasteiger partial charge in [0.05, 0.1) is 12.8 Å². The zero-order chi connectivity index (χ0) is 20.4. The van der Waals surface area contributed by atoms with Crippen molar-refractivity contribution >= 4 is 29.7 Å². The van der Waals surface area contributed by atoms with Crippen molar-refractivity contribution < 1.29 is 23.6 Å². The summed E-state index contributed by atoms with van der Waals surface area (Å²) in [4.78, 5) is 47.1. The van der Waals surface area contributed by atoms with Gasteiger partial charge in [0.15, 0.2) is 0 Å². The normalized spacial score (nSPS) is 13.2. The van der Waals surface area contributed by atoms with Crippen molar-refractivity contribution in [1.82, 2.24) is 16.0 Å². The number of hydrogen-bond acceptors (Lipinski definition) is 5. The predicted octanol–water partition coefficient (Wildman–Crippen LogP) is -0.0701. The van der Waals surface area contributed by atoms with Crippen LogP contribution >= 0.6 is 0 Å². The Labute approximate surface area is 157 Å². The van der Waals surface area contributed by atoms with Crippen LogP contribution < -0.4 is 21.7 Å². The molecule has 0 aliphatic rings. The number of carbonyl (C=O) groups excluding carboxylic acids is 4. The van der Waals surface area contributed by atoms with E-state index in [2.05, 4.69) is 16.0 Å². The monoisotopic (exact) mass is 378 g/mol. The van der Waals surface area contributed by atoms with Crippen LogP contribution in [0.25, 0.3) is 6.08 Å². The first-order valence-corrected chi connectivity index (χ1v) is 8.57. The van der Waals surface area contributed by atoms with Crippen LogP contribution in [-0.2, 0) is 19.2 Å². The highest BCUT2D eigenvalue weighted by Gasteiger charge is 2.24. The lowest BCUT2D eigenvalue weighted by Gasteiger charge is -2.22. The van der Waals surface area contributed by atoms with Crippen LogP contribution in [0.3, 0.4) is 0 Å². The topological polar surface area (TPSA) is 144 Å². The van der Waals surface area contributed by atoms with Crippen LogP contribution in [0, 0.1) is 5.92 Å². The van der Waals surface area contributed by atoms with Crippen LogP contribution in [0.2, 0.25) is 0 Å². The molecule has 4 amide bonds. The summed E-state index contributed by atoms with van der Waals surface area (Å²) in [5.74, 6) is -1.56. The fourth-order valence-corrected chi connectivity index (χ4v) is 2.17. The fourth-order valence-electron chi connectivity index (χ4n) is 2.17. The van der Waals surface area contributed by atoms with Gasteiger partial charge in [0.2, 0.25) is 23.6 Å². The summed E-state index contributed by atoms with van der Waals surface area (Å²) >= 11 is 0. The first kappa shape index (κ1) is 21.9. The van der Waals surface area contributed by atoms with Crippen LogP contribution in [0.15, 0.2) is 28.9 Å². The SMILES string of the molecule is CC(C)C[C@H](NC(=O)[C@H](C)NC(=O)/C=C/c1ccco1)C(=O)NCC(N)=O. The first-order valence-electron chi connectivity index (χ1n) is 8.57. The number of hydrogen-bond donors (Lipinski definition) is 4. The second kappa shape index (κ2) is 10.8. The van der Waals surface area contributed by atoms with Crippen LogP contribution in [-0.4, -0.2) is 42.3 Å². The number of nitrogens with two attached hydrogens (primary N) is 1. The summed E-state index contributed by atoms with van der Waals surface area (Å²) in [5, 5.41) is 7.46. The third-order valence-corrected chi connectivity index (χ3v) is 3.47. The van der Waals surface area contributed by atoms with Gasteiger partial charge in [0, 0.05) is 6.08 Å². The molecule has 5 N–H and O–H groups in total. The van der Waals surface area contributed by atoms with Crippen molar-refractivity contribution in [2.75, 3.05) is 6.54 Å². The van der Waals surface area contributed by atoms with Crippen molar-refractivity contribution in [3.63, 3.8) is 0 Å². The Balaban J connectivity index is 2.60. The minimum Gasteiger partial charge on any atom is -0.465 e. The maximum Gasteiger partial charge on any atom is 0.244 e. The zero-order valence-corrected chi connectivity index (χ0v) is 15.7. The molecule has 0 bridgehead atoms. The molecule has 1 aromatic heterocycles. The standard InChI is InChI=1S/C18H26N4O5/c1-11(2)9-14(18(26)20-10-15(19)23)22-17(25)12(3)21-16(24)7-6-13-5-4-8-27-13/h4-8,11-12,14H,9-10H2,1-3H3,(H2,19,23)(H,20,26)(H,21,24)(H,22,25)/b7-6+/t12-,14-/m0/s1. The predicted molar refractivity (Wildman–Crippen MR) is 98.9 cm³/mol. The third kappa shape index (κ3) is 8.70. The lowest BCUT2D eigenvalue weighted by Crippen LogP contribution is -2.53. The minimum atomic E-state index is -0.864. The van der Waals surface area contributed by atoms with Gasteiger partial charge in [-0.2, -0.15) is 0 Å². The van der Waals surface area contributed by atoms with Gasteiger partial charge in [-0.25, -0.2) is 0 Å². The molecular weight excluding hydrogens is 352 g/mol. The Morgan fingerprint density at radius 3 is 2.41 bits per heavy atom. The van der Waals surface area contributed by atoms with Crippen LogP contribution in [0.4, 0.5) is 0 Å². The molecule has 27 heavy (non-hydrogen) atoms. The molecular formula is C18H26N4O5. The van der Waals surface area contributed by atoms with Crippen molar-refractivity contribution in [2.24, 2.45) is 11.7 Å². The lowest BCUT2D eigenvalue weighted by molar-refractivity contribution is -0.132. The maximum absolute atomic E-state index is 12.3. The second-order valence-corrected chi connectivity index (χ2v) is 6.45. The van der Waals surface area contributed by atoms with E-state index in [4.69, 9.17) is 10.2 Å². The summed E-state index contributed by atoms with van der Waals surface area (Å²) in [7, 11) is 0. The average Bonchev–Trinajstić information content (AvgIpc) is 3.10. The van der Waals surface area contributed by atoms with Gasteiger partial charge < -0.3 is 26.1 Å². The average molecular weight is 378 g/mol. The van der Waals surface area contributed by atoms with E-state index in [1.807, 2.05) is 13.8 Å². The van der Waals surface area contributed by atoms with E-state index in [1.165, 1.54) is 25.3 Å². The highest BCUT2D eigenvalue weighted by molar-refractivity contribution is 5.96. The molecule has 0 saturated heterocycles. The largest absolute Gasteiger partial charge is 0.465 e. The molecule has 2 atom stereocenters. The van der Waals surface area contributed by atoms with Gasteiger partial charge in [-0.15, -0.1) is 0 Å². The molecule has 0 unspecified atom stereocenters. The summed E-state index contributed by atoms with van der Waals surface area (Å²) in [6, 6.07) is 1.67. The number of furan rings is 1. The van der Waals surface area contributed by atoms with E-state index in [0.717, 1.165) is 0 Å². The van der Waals surface area contributed by atoms with Gasteiger partial charge >= 0.3 is 0 Å². The number of primary amides is 1.